The van der Waals surface area contributed by atoms with Crippen LogP contribution < -0.4 is 15.0 Å². The molecule has 0 aromatic heterocycles. The van der Waals surface area contributed by atoms with Gasteiger partial charge < -0.3 is 24.1 Å². The van der Waals surface area contributed by atoms with Crippen molar-refractivity contribution in [3.8, 4) is 5.75 Å². The maximum atomic E-state index is 13.9. The third-order valence-electron chi connectivity index (χ3n) is 9.76. The quantitative estimate of drug-likeness (QED) is 0.112. The number of nitrogens with one attached hydrogen (secondary N) is 1. The number of amides is 2. The summed E-state index contributed by atoms with van der Waals surface area (Å²) < 4.78 is 31.5. The van der Waals surface area contributed by atoms with E-state index in [0.29, 0.717) is 19.4 Å². The Kier molecular flexibility index (Phi) is 11.2. The van der Waals surface area contributed by atoms with Crippen LogP contribution in [0.25, 0.3) is 0 Å². The summed E-state index contributed by atoms with van der Waals surface area (Å²) in [5.74, 6) is 0.237. The van der Waals surface area contributed by atoms with Crippen molar-refractivity contribution in [2.75, 3.05) is 12.0 Å². The zero-order valence-electron chi connectivity index (χ0n) is 29.2. The number of halogens is 1. The van der Waals surface area contributed by atoms with Crippen molar-refractivity contribution in [1.29, 1.82) is 0 Å². The van der Waals surface area contributed by atoms with E-state index >= 15 is 0 Å². The number of anilines is 1. The lowest BCUT2D eigenvalue weighted by Gasteiger charge is -2.48. The van der Waals surface area contributed by atoms with Crippen LogP contribution in [0.15, 0.2) is 103 Å². The normalized spacial score (nSPS) is 16.9. The molecule has 0 saturated carbocycles. The largest absolute Gasteiger partial charge is 0.497 e. The fraction of sp³-hybridized carbons (Fsp3) is 0.350. The van der Waals surface area contributed by atoms with Crippen molar-refractivity contribution in [2.24, 2.45) is 5.92 Å². The third kappa shape index (κ3) is 8.77. The number of hydrogen-bond donors (Lipinski definition) is 1. The van der Waals surface area contributed by atoms with Crippen LogP contribution in [0.5, 0.6) is 5.75 Å². The number of nitrogens with zero attached hydrogens (tertiary/aromatic N) is 1. The van der Waals surface area contributed by atoms with Gasteiger partial charge in [-0.05, 0) is 89.6 Å². The number of methoxy groups -OCH3 is 1. The van der Waals surface area contributed by atoms with E-state index in [9.17, 15) is 14.0 Å². The summed E-state index contributed by atoms with van der Waals surface area (Å²) in [5.41, 5.74) is 4.52. The lowest BCUT2D eigenvalue weighted by atomic mass is 9.78. The molecule has 1 unspecified atom stereocenters. The van der Waals surface area contributed by atoms with Gasteiger partial charge in [-0.15, -0.1) is 0 Å². The fourth-order valence-corrected chi connectivity index (χ4v) is 7.18. The van der Waals surface area contributed by atoms with Crippen LogP contribution in [-0.4, -0.2) is 27.4 Å². The van der Waals surface area contributed by atoms with Crippen LogP contribution in [0.1, 0.15) is 68.0 Å². The Hall–Kier alpha value is -4.47. The molecule has 4 aromatic carbocycles. The summed E-state index contributed by atoms with van der Waals surface area (Å²) in [4.78, 5) is 28.1. The number of carbonyl (C=O) groups is 2. The molecule has 4 aromatic rings. The number of benzene rings is 4. The molecule has 1 fully saturated rings. The number of hydrogen-bond acceptors (Lipinski definition) is 5. The summed E-state index contributed by atoms with van der Waals surface area (Å²) in [7, 11) is -0.547. The first-order valence-electron chi connectivity index (χ1n) is 16.8. The Morgan fingerprint density at radius 3 is 2.16 bits per heavy atom. The monoisotopic (exact) mass is 682 g/mol. The maximum Gasteiger partial charge on any atom is 0.407 e. The van der Waals surface area contributed by atoms with E-state index in [2.05, 4.69) is 39.2 Å². The van der Waals surface area contributed by atoms with Crippen LogP contribution in [0.3, 0.4) is 0 Å². The standard InChI is InChI=1S/C40H47FN2O5Si/c1-40(2,3)49(5,6)48-36(30-14-18-32(41)19-15-30)25-24-35-37(31-16-22-34(46-4)23-17-31)43(38(35)44)33-20-12-28(13-21-33)26-42-39(45)47-27-29-10-8-7-9-11-29/h7-23,35-37H,24-27H2,1-6H3,(H,42,45)/t35-,36?,37-/m1/s1. The molecule has 3 atom stereocenters. The van der Waals surface area contributed by atoms with Crippen LogP contribution in [-0.2, 0) is 27.1 Å². The molecule has 2 amide bonds. The van der Waals surface area contributed by atoms with E-state index in [1.165, 1.54) is 12.1 Å². The number of alkyl carbamates (subject to hydrolysis) is 1. The van der Waals surface area contributed by atoms with Crippen LogP contribution in [0.2, 0.25) is 18.1 Å². The number of rotatable bonds is 13. The Bertz CT molecular complexity index is 1690. The minimum Gasteiger partial charge on any atom is -0.497 e. The molecule has 0 bridgehead atoms. The molecule has 7 nitrogen and oxygen atoms in total. The van der Waals surface area contributed by atoms with Gasteiger partial charge in [0.1, 0.15) is 18.2 Å². The van der Waals surface area contributed by atoms with Crippen molar-refractivity contribution in [2.45, 2.75) is 77.0 Å². The molecule has 0 spiro atoms. The van der Waals surface area contributed by atoms with Crippen molar-refractivity contribution < 1.29 is 27.9 Å². The second-order valence-electron chi connectivity index (χ2n) is 14.1. The molecule has 0 aliphatic carbocycles. The van der Waals surface area contributed by atoms with Gasteiger partial charge in [-0.1, -0.05) is 87.5 Å². The van der Waals surface area contributed by atoms with Gasteiger partial charge >= 0.3 is 6.09 Å². The van der Waals surface area contributed by atoms with Gasteiger partial charge in [-0.2, -0.15) is 0 Å². The van der Waals surface area contributed by atoms with Crippen LogP contribution >= 0.6 is 0 Å². The van der Waals surface area contributed by atoms with E-state index in [1.54, 1.807) is 19.2 Å². The average Bonchev–Trinajstić information content (AvgIpc) is 3.09. The minimum absolute atomic E-state index is 0.00977. The van der Waals surface area contributed by atoms with E-state index in [0.717, 1.165) is 33.7 Å². The Balaban J connectivity index is 1.30. The van der Waals surface area contributed by atoms with Crippen molar-refractivity contribution in [1.82, 2.24) is 5.32 Å². The molecular weight excluding hydrogens is 636 g/mol. The highest BCUT2D eigenvalue weighted by Crippen LogP contribution is 2.48. The SMILES string of the molecule is COc1ccc([C@@H]2[C@@H](CCC(O[Si](C)(C)C(C)(C)C)c3ccc(F)cc3)C(=O)N2c2ccc(CNC(=O)OCc3ccccc3)cc2)cc1. The van der Waals surface area contributed by atoms with Crippen molar-refractivity contribution in [3.63, 3.8) is 0 Å². The maximum absolute atomic E-state index is 13.9. The van der Waals surface area contributed by atoms with Gasteiger partial charge in [-0.3, -0.25) is 4.79 Å². The highest BCUT2D eigenvalue weighted by molar-refractivity contribution is 6.74. The highest BCUT2D eigenvalue weighted by atomic mass is 28.4. The van der Waals surface area contributed by atoms with E-state index in [4.69, 9.17) is 13.9 Å². The molecule has 9 heteroatoms. The van der Waals surface area contributed by atoms with E-state index < -0.39 is 14.4 Å². The number of ether oxygens (including phenoxy) is 2. The Morgan fingerprint density at radius 2 is 1.55 bits per heavy atom. The first-order chi connectivity index (χ1) is 23.4. The lowest BCUT2D eigenvalue weighted by molar-refractivity contribution is -0.131. The Morgan fingerprint density at radius 1 is 0.898 bits per heavy atom. The van der Waals surface area contributed by atoms with Gasteiger partial charge in [-0.25, -0.2) is 9.18 Å². The molecule has 1 saturated heterocycles. The Labute approximate surface area is 290 Å². The summed E-state index contributed by atoms with van der Waals surface area (Å²) in [5, 5.41) is 2.78. The van der Waals surface area contributed by atoms with Gasteiger partial charge in [0.25, 0.3) is 0 Å². The van der Waals surface area contributed by atoms with Gasteiger partial charge in [0.15, 0.2) is 8.32 Å². The predicted molar refractivity (Wildman–Crippen MR) is 193 cm³/mol. The highest BCUT2D eigenvalue weighted by Gasteiger charge is 2.49. The molecule has 258 valence electrons. The second-order valence-corrected chi connectivity index (χ2v) is 18.9. The zero-order valence-corrected chi connectivity index (χ0v) is 30.2. The lowest BCUT2D eigenvalue weighted by Crippen LogP contribution is -2.55. The molecule has 1 N–H and O–H groups in total. The molecule has 49 heavy (non-hydrogen) atoms. The fourth-order valence-electron chi connectivity index (χ4n) is 5.86. The van der Waals surface area contributed by atoms with Crippen LogP contribution in [0, 0.1) is 11.7 Å². The zero-order chi connectivity index (χ0) is 35.2. The molecule has 1 aliphatic rings. The topological polar surface area (TPSA) is 77.1 Å². The van der Waals surface area contributed by atoms with Crippen molar-refractivity contribution >= 4 is 26.0 Å². The first-order valence-corrected chi connectivity index (χ1v) is 19.7. The summed E-state index contributed by atoms with van der Waals surface area (Å²) in [6.07, 6.45) is 0.478. The van der Waals surface area contributed by atoms with Gasteiger partial charge in [0.05, 0.1) is 25.2 Å². The first kappa shape index (κ1) is 35.8. The summed E-state index contributed by atoms with van der Waals surface area (Å²) in [6.45, 7) is 11.5. The summed E-state index contributed by atoms with van der Waals surface area (Å²) >= 11 is 0. The van der Waals surface area contributed by atoms with Crippen LogP contribution in [0.4, 0.5) is 14.9 Å². The predicted octanol–water partition coefficient (Wildman–Crippen LogP) is 9.51. The van der Waals surface area contributed by atoms with Gasteiger partial charge in [0, 0.05) is 12.2 Å². The smallest absolute Gasteiger partial charge is 0.407 e. The number of carbonyl (C=O) groups excluding carboxylic acids is 2. The van der Waals surface area contributed by atoms with Crippen molar-refractivity contribution in [3.05, 3.63) is 131 Å². The number of β-lactam (4-membered cyclic amide) rings is 1. The van der Waals surface area contributed by atoms with E-state index in [1.807, 2.05) is 83.8 Å². The van der Waals surface area contributed by atoms with E-state index in [-0.39, 0.29) is 41.4 Å². The summed E-state index contributed by atoms with van der Waals surface area (Å²) in [6, 6.07) is 31.4. The minimum atomic E-state index is -2.18. The average molecular weight is 683 g/mol. The van der Waals surface area contributed by atoms with Gasteiger partial charge in [0.2, 0.25) is 5.91 Å². The molecule has 1 aliphatic heterocycles. The molecular formula is C40H47FN2O5Si. The molecule has 5 rings (SSSR count). The second kappa shape index (κ2) is 15.4. The third-order valence-corrected chi connectivity index (χ3v) is 14.2. The molecule has 1 heterocycles. The molecule has 0 radical (unpaired) electrons.